The van der Waals surface area contributed by atoms with Crippen molar-refractivity contribution >= 4 is 18.3 Å². The Kier molecular flexibility index (Phi) is 6.35. The maximum atomic E-state index is 12.1. The first kappa shape index (κ1) is 16.9. The van der Waals surface area contributed by atoms with Crippen LogP contribution >= 0.6 is 12.4 Å². The van der Waals surface area contributed by atoms with E-state index < -0.39 is 0 Å². The van der Waals surface area contributed by atoms with Crippen LogP contribution in [0.3, 0.4) is 0 Å². The molecule has 0 aliphatic rings. The number of hydrogen-bond donors (Lipinski definition) is 2. The summed E-state index contributed by atoms with van der Waals surface area (Å²) in [5, 5.41) is 2.95. The first-order chi connectivity index (χ1) is 7.98. The number of hydrogen-bond acceptors (Lipinski definition) is 4. The number of aryl methyl sites for hydroxylation is 2. The van der Waals surface area contributed by atoms with Gasteiger partial charge in [0.1, 0.15) is 0 Å². The summed E-state index contributed by atoms with van der Waals surface area (Å²) >= 11 is 0. The van der Waals surface area contributed by atoms with Crippen LogP contribution in [0.1, 0.15) is 48.8 Å². The fraction of sp³-hybridized carbons (Fsp3) is 0.667. The largest absolute Gasteiger partial charge is 0.436 e. The maximum Gasteiger partial charge on any atom is 0.289 e. The van der Waals surface area contributed by atoms with Gasteiger partial charge in [-0.15, -0.1) is 12.4 Å². The van der Waals surface area contributed by atoms with Crippen LogP contribution in [0, 0.1) is 13.8 Å². The molecule has 1 amide bonds. The Morgan fingerprint density at radius 2 is 1.94 bits per heavy atom. The van der Waals surface area contributed by atoms with Crippen LogP contribution in [0.2, 0.25) is 0 Å². The summed E-state index contributed by atoms with van der Waals surface area (Å²) in [7, 11) is 0. The fourth-order valence-electron chi connectivity index (χ4n) is 1.81. The molecule has 0 aliphatic heterocycles. The Bertz CT molecular complexity index is 392. The molecule has 0 atom stereocenters. The van der Waals surface area contributed by atoms with Crippen LogP contribution in [0.4, 0.5) is 0 Å². The summed E-state index contributed by atoms with van der Waals surface area (Å²) in [6.07, 6.45) is 1.58. The second-order valence-electron chi connectivity index (χ2n) is 4.29. The minimum absolute atomic E-state index is 0. The molecule has 0 unspecified atom stereocenters. The lowest BCUT2D eigenvalue weighted by atomic mass is 9.93. The number of nitrogens with one attached hydrogen (secondary N) is 1. The highest BCUT2D eigenvalue weighted by Crippen LogP contribution is 2.16. The Morgan fingerprint density at radius 1 is 1.39 bits per heavy atom. The monoisotopic (exact) mass is 275 g/mol. The van der Waals surface area contributed by atoms with Crippen molar-refractivity contribution in [1.29, 1.82) is 0 Å². The van der Waals surface area contributed by atoms with Gasteiger partial charge in [-0.2, -0.15) is 0 Å². The molecule has 1 aromatic rings. The number of halogens is 1. The van der Waals surface area contributed by atoms with E-state index in [1.54, 1.807) is 13.8 Å². The van der Waals surface area contributed by atoms with Crippen molar-refractivity contribution in [3.05, 3.63) is 17.3 Å². The number of rotatable bonds is 5. The van der Waals surface area contributed by atoms with E-state index in [0.717, 1.165) is 12.8 Å². The normalized spacial score (nSPS) is 10.9. The van der Waals surface area contributed by atoms with Crippen LogP contribution in [0.15, 0.2) is 4.42 Å². The fourth-order valence-corrected chi connectivity index (χ4v) is 1.81. The third-order valence-electron chi connectivity index (χ3n) is 3.23. The Morgan fingerprint density at radius 3 is 2.28 bits per heavy atom. The molecule has 0 fully saturated rings. The number of carbonyl (C=O) groups is 1. The van der Waals surface area contributed by atoms with Gasteiger partial charge in [-0.25, -0.2) is 4.98 Å². The Hall–Kier alpha value is -1.07. The molecular formula is C12H22ClN3O2. The topological polar surface area (TPSA) is 81.1 Å². The van der Waals surface area contributed by atoms with Crippen molar-refractivity contribution in [2.75, 3.05) is 6.54 Å². The van der Waals surface area contributed by atoms with Gasteiger partial charge in [0.25, 0.3) is 5.91 Å². The van der Waals surface area contributed by atoms with Gasteiger partial charge < -0.3 is 15.5 Å². The van der Waals surface area contributed by atoms with Gasteiger partial charge in [0.05, 0.1) is 11.2 Å². The number of nitrogens with zero attached hydrogens (tertiary/aromatic N) is 1. The number of carbonyl (C=O) groups excluding carboxylic acids is 1. The smallest absolute Gasteiger partial charge is 0.289 e. The summed E-state index contributed by atoms with van der Waals surface area (Å²) in [4.78, 5) is 16.2. The molecule has 3 N–H and O–H groups in total. The average Bonchev–Trinajstić information content (AvgIpc) is 2.65. The summed E-state index contributed by atoms with van der Waals surface area (Å²) in [5.74, 6) is 0.540. The van der Waals surface area contributed by atoms with Crippen molar-refractivity contribution < 1.29 is 9.21 Å². The zero-order valence-corrected chi connectivity index (χ0v) is 12.2. The lowest BCUT2D eigenvalue weighted by molar-refractivity contribution is 0.0864. The lowest BCUT2D eigenvalue weighted by Gasteiger charge is -2.31. The third kappa shape index (κ3) is 3.46. The zero-order valence-electron chi connectivity index (χ0n) is 11.4. The van der Waals surface area contributed by atoms with Crippen molar-refractivity contribution in [2.24, 2.45) is 5.73 Å². The Labute approximate surface area is 114 Å². The molecule has 104 valence electrons. The highest BCUT2D eigenvalue weighted by atomic mass is 35.5. The summed E-state index contributed by atoms with van der Waals surface area (Å²) < 4.78 is 5.29. The third-order valence-corrected chi connectivity index (χ3v) is 3.23. The molecule has 6 heteroatoms. The van der Waals surface area contributed by atoms with Gasteiger partial charge in [-0.1, -0.05) is 13.8 Å². The second-order valence-corrected chi connectivity index (χ2v) is 4.29. The van der Waals surface area contributed by atoms with E-state index >= 15 is 0 Å². The quantitative estimate of drug-likeness (QED) is 0.861. The van der Waals surface area contributed by atoms with Crippen LogP contribution in [0.25, 0.3) is 0 Å². The van der Waals surface area contributed by atoms with Crippen LogP contribution in [-0.4, -0.2) is 23.0 Å². The van der Waals surface area contributed by atoms with Gasteiger partial charge in [-0.3, -0.25) is 4.79 Å². The van der Waals surface area contributed by atoms with Gasteiger partial charge in [-0.05, 0) is 19.8 Å². The molecule has 0 spiro atoms. The predicted molar refractivity (Wildman–Crippen MR) is 73.1 cm³/mol. The van der Waals surface area contributed by atoms with E-state index in [1.807, 2.05) is 13.8 Å². The van der Waals surface area contributed by atoms with Crippen molar-refractivity contribution in [3.63, 3.8) is 0 Å². The van der Waals surface area contributed by atoms with E-state index in [9.17, 15) is 4.79 Å². The standard InChI is InChI=1S/C12H21N3O2.ClH/c1-5-12(6-2,7-13)15-11(16)10-8(3)14-9(4)17-10;/h5-7,13H2,1-4H3,(H,15,16);1H. The first-order valence-corrected chi connectivity index (χ1v) is 5.94. The van der Waals surface area contributed by atoms with Gasteiger partial charge >= 0.3 is 0 Å². The zero-order chi connectivity index (χ0) is 13.1. The lowest BCUT2D eigenvalue weighted by Crippen LogP contribution is -2.52. The minimum atomic E-state index is -0.357. The molecule has 0 bridgehead atoms. The number of nitrogens with two attached hydrogens (primary N) is 1. The molecule has 1 aromatic heterocycles. The van der Waals surface area contributed by atoms with Crippen molar-refractivity contribution in [1.82, 2.24) is 10.3 Å². The first-order valence-electron chi connectivity index (χ1n) is 5.94. The molecular weight excluding hydrogens is 254 g/mol. The molecule has 0 saturated heterocycles. The maximum absolute atomic E-state index is 12.1. The highest BCUT2D eigenvalue weighted by Gasteiger charge is 2.29. The highest BCUT2D eigenvalue weighted by molar-refractivity contribution is 5.93. The van der Waals surface area contributed by atoms with E-state index in [4.69, 9.17) is 10.2 Å². The second kappa shape index (κ2) is 6.75. The van der Waals surface area contributed by atoms with Crippen LogP contribution in [0.5, 0.6) is 0 Å². The van der Waals surface area contributed by atoms with Crippen molar-refractivity contribution in [3.8, 4) is 0 Å². The van der Waals surface area contributed by atoms with E-state index in [-0.39, 0.29) is 29.6 Å². The molecule has 0 aromatic carbocycles. The average molecular weight is 276 g/mol. The molecule has 0 radical (unpaired) electrons. The van der Waals surface area contributed by atoms with E-state index in [1.165, 1.54) is 0 Å². The molecule has 1 rings (SSSR count). The van der Waals surface area contributed by atoms with E-state index in [2.05, 4.69) is 10.3 Å². The molecule has 5 nitrogen and oxygen atoms in total. The van der Waals surface area contributed by atoms with Crippen molar-refractivity contribution in [2.45, 2.75) is 46.1 Å². The molecule has 0 saturated carbocycles. The molecule has 18 heavy (non-hydrogen) atoms. The van der Waals surface area contributed by atoms with Crippen LogP contribution < -0.4 is 11.1 Å². The van der Waals surface area contributed by atoms with E-state index in [0.29, 0.717) is 18.1 Å². The SMILES string of the molecule is CCC(CC)(CN)NC(=O)c1oc(C)nc1C.Cl. The predicted octanol–water partition coefficient (Wildman–Crippen LogP) is 1.96. The number of amides is 1. The number of aromatic nitrogens is 1. The molecule has 1 heterocycles. The summed E-state index contributed by atoms with van der Waals surface area (Å²) in [6.45, 7) is 7.91. The van der Waals surface area contributed by atoms with Gasteiger partial charge in [0, 0.05) is 13.5 Å². The van der Waals surface area contributed by atoms with Crippen LogP contribution in [-0.2, 0) is 0 Å². The summed E-state index contributed by atoms with van der Waals surface area (Å²) in [5.41, 5.74) is 5.99. The van der Waals surface area contributed by atoms with Gasteiger partial charge in [0.15, 0.2) is 5.89 Å². The van der Waals surface area contributed by atoms with Gasteiger partial charge in [0.2, 0.25) is 5.76 Å². The summed E-state index contributed by atoms with van der Waals surface area (Å²) in [6, 6.07) is 0. The number of oxazole rings is 1. The minimum Gasteiger partial charge on any atom is -0.436 e. The Balaban J connectivity index is 0.00000289. The molecule has 0 aliphatic carbocycles.